The lowest BCUT2D eigenvalue weighted by Crippen LogP contribution is -2.37. The Bertz CT molecular complexity index is 350. The number of isocyanates is 1. The molecule has 5 nitrogen and oxygen atoms in total. The molecule has 0 amide bonds. The van der Waals surface area contributed by atoms with Gasteiger partial charge >= 0.3 is 0 Å². The average Bonchev–Trinajstić information content (AvgIpc) is 2.45. The standard InChI is InChI=1S/C14H24N4O/c1-3-4-8-17-14(15-2)18-10-6-13(7-11-18)5-9-16-12-19/h8,13H,3-7,9-11H2,1-2H3/b15-14+,17-8-. The molecule has 1 fully saturated rings. The summed E-state index contributed by atoms with van der Waals surface area (Å²) in [5.41, 5.74) is 0. The van der Waals surface area contributed by atoms with Crippen LogP contribution in [-0.2, 0) is 4.79 Å². The van der Waals surface area contributed by atoms with Crippen LogP contribution >= 0.6 is 0 Å². The van der Waals surface area contributed by atoms with Crippen LogP contribution < -0.4 is 0 Å². The fourth-order valence-corrected chi connectivity index (χ4v) is 2.27. The van der Waals surface area contributed by atoms with Gasteiger partial charge in [0.1, 0.15) is 0 Å². The first-order valence-electron chi connectivity index (χ1n) is 7.09. The van der Waals surface area contributed by atoms with Gasteiger partial charge in [-0.3, -0.25) is 4.99 Å². The quantitative estimate of drug-likeness (QED) is 0.434. The van der Waals surface area contributed by atoms with Gasteiger partial charge < -0.3 is 4.90 Å². The van der Waals surface area contributed by atoms with Crippen molar-refractivity contribution >= 4 is 18.3 Å². The zero-order valence-corrected chi connectivity index (χ0v) is 12.0. The maximum atomic E-state index is 10.0. The molecule has 106 valence electrons. The second kappa shape index (κ2) is 9.45. The van der Waals surface area contributed by atoms with Crippen molar-refractivity contribution in [1.29, 1.82) is 0 Å². The number of guanidine groups is 1. The van der Waals surface area contributed by atoms with Crippen LogP contribution in [0.4, 0.5) is 0 Å². The van der Waals surface area contributed by atoms with Crippen molar-refractivity contribution in [3.05, 3.63) is 0 Å². The van der Waals surface area contributed by atoms with Gasteiger partial charge in [-0.15, -0.1) is 0 Å². The Balaban J connectivity index is 2.37. The molecule has 1 aliphatic rings. The van der Waals surface area contributed by atoms with Gasteiger partial charge in [-0.05, 0) is 31.6 Å². The van der Waals surface area contributed by atoms with E-state index in [1.165, 1.54) is 0 Å². The summed E-state index contributed by atoms with van der Waals surface area (Å²) in [5, 5.41) is 0. The molecule has 0 N–H and O–H groups in total. The number of aliphatic imine (C=N–C) groups is 3. The van der Waals surface area contributed by atoms with Crippen molar-refractivity contribution in [1.82, 2.24) is 4.90 Å². The predicted molar refractivity (Wildman–Crippen MR) is 78.7 cm³/mol. The van der Waals surface area contributed by atoms with Gasteiger partial charge in [-0.2, -0.15) is 0 Å². The molecule has 0 aromatic rings. The molecule has 0 bridgehead atoms. The number of carbonyl (C=O) groups excluding carboxylic acids is 1. The molecule has 1 aliphatic heterocycles. The molecule has 19 heavy (non-hydrogen) atoms. The van der Waals surface area contributed by atoms with Crippen LogP contribution in [0.1, 0.15) is 39.0 Å². The van der Waals surface area contributed by atoms with Gasteiger partial charge in [-0.25, -0.2) is 14.8 Å². The lowest BCUT2D eigenvalue weighted by Gasteiger charge is -2.32. The molecule has 0 saturated carbocycles. The first-order chi connectivity index (χ1) is 9.31. The Kier molecular flexibility index (Phi) is 7.75. The summed E-state index contributed by atoms with van der Waals surface area (Å²) < 4.78 is 0. The van der Waals surface area contributed by atoms with Gasteiger partial charge in [-0.1, -0.05) is 13.3 Å². The maximum absolute atomic E-state index is 10.0. The number of hydrogen-bond acceptors (Lipinski definition) is 3. The smallest absolute Gasteiger partial charge is 0.234 e. The summed E-state index contributed by atoms with van der Waals surface area (Å²) in [6.07, 6.45) is 8.89. The SMILES string of the molecule is CCC/C=N\C(=N/C)N1CCC(CCN=C=O)CC1. The summed E-state index contributed by atoms with van der Waals surface area (Å²) in [5.74, 6) is 1.50. The zero-order valence-electron chi connectivity index (χ0n) is 12.0. The number of hydrogen-bond donors (Lipinski definition) is 0. The molecule has 1 saturated heterocycles. The van der Waals surface area contributed by atoms with Crippen molar-refractivity contribution in [3.63, 3.8) is 0 Å². The lowest BCUT2D eigenvalue weighted by molar-refractivity contribution is 0.256. The highest BCUT2D eigenvalue weighted by Crippen LogP contribution is 2.20. The Hall–Kier alpha value is -1.48. The van der Waals surface area contributed by atoms with Crippen molar-refractivity contribution in [2.75, 3.05) is 26.7 Å². The molecule has 0 radical (unpaired) electrons. The highest BCUT2D eigenvalue weighted by atomic mass is 16.1. The first kappa shape index (κ1) is 15.6. The van der Waals surface area contributed by atoms with Crippen LogP contribution in [-0.4, -0.2) is 49.8 Å². The van der Waals surface area contributed by atoms with E-state index in [2.05, 4.69) is 26.8 Å². The van der Waals surface area contributed by atoms with E-state index in [0.29, 0.717) is 12.5 Å². The number of nitrogens with zero attached hydrogens (tertiary/aromatic N) is 4. The van der Waals surface area contributed by atoms with Crippen LogP contribution in [0.25, 0.3) is 0 Å². The molecule has 1 rings (SSSR count). The summed E-state index contributed by atoms with van der Waals surface area (Å²) >= 11 is 0. The van der Waals surface area contributed by atoms with Gasteiger partial charge in [0, 0.05) is 26.4 Å². The average molecular weight is 264 g/mol. The van der Waals surface area contributed by atoms with E-state index in [1.807, 2.05) is 6.21 Å². The van der Waals surface area contributed by atoms with Crippen LogP contribution in [0.3, 0.4) is 0 Å². The maximum Gasteiger partial charge on any atom is 0.234 e. The van der Waals surface area contributed by atoms with E-state index in [9.17, 15) is 4.79 Å². The predicted octanol–water partition coefficient (Wildman–Crippen LogP) is 2.28. The Labute approximate surface area is 115 Å². The third-order valence-corrected chi connectivity index (χ3v) is 3.44. The topological polar surface area (TPSA) is 57.4 Å². The van der Waals surface area contributed by atoms with Crippen LogP contribution in [0.5, 0.6) is 0 Å². The molecule has 0 spiro atoms. The number of unbranched alkanes of at least 4 members (excludes halogenated alkanes) is 1. The highest BCUT2D eigenvalue weighted by molar-refractivity contribution is 5.87. The molecular weight excluding hydrogens is 240 g/mol. The fraction of sp³-hybridized carbons (Fsp3) is 0.786. The second-order valence-corrected chi connectivity index (χ2v) is 4.82. The highest BCUT2D eigenvalue weighted by Gasteiger charge is 2.20. The van der Waals surface area contributed by atoms with Gasteiger partial charge in [0.25, 0.3) is 0 Å². The molecule has 0 unspecified atom stereocenters. The van der Waals surface area contributed by atoms with Crippen molar-refractivity contribution < 1.29 is 4.79 Å². The molecule has 0 aromatic heterocycles. The summed E-state index contributed by atoms with van der Waals surface area (Å²) in [6, 6.07) is 0. The van der Waals surface area contributed by atoms with Gasteiger partial charge in [0.15, 0.2) is 0 Å². The van der Waals surface area contributed by atoms with E-state index in [0.717, 1.165) is 51.2 Å². The first-order valence-corrected chi connectivity index (χ1v) is 7.09. The van der Waals surface area contributed by atoms with Crippen LogP contribution in [0.15, 0.2) is 15.0 Å². The van der Waals surface area contributed by atoms with E-state index in [1.54, 1.807) is 13.1 Å². The van der Waals surface area contributed by atoms with E-state index < -0.39 is 0 Å². The Morgan fingerprint density at radius 1 is 1.42 bits per heavy atom. The minimum atomic E-state index is 0.609. The van der Waals surface area contributed by atoms with Crippen molar-refractivity contribution in [3.8, 4) is 0 Å². The summed E-state index contributed by atoms with van der Waals surface area (Å²) in [7, 11) is 1.80. The molecule has 0 aliphatic carbocycles. The number of likely N-dealkylation sites (tertiary alicyclic amines) is 1. The Morgan fingerprint density at radius 2 is 2.16 bits per heavy atom. The minimum Gasteiger partial charge on any atom is -0.341 e. The van der Waals surface area contributed by atoms with E-state index in [4.69, 9.17) is 0 Å². The fourth-order valence-electron chi connectivity index (χ4n) is 2.27. The molecule has 1 heterocycles. The lowest BCUT2D eigenvalue weighted by atomic mass is 9.94. The normalized spacial score (nSPS) is 17.8. The van der Waals surface area contributed by atoms with Crippen LogP contribution in [0, 0.1) is 5.92 Å². The van der Waals surface area contributed by atoms with Crippen molar-refractivity contribution in [2.45, 2.75) is 39.0 Å². The molecule has 5 heteroatoms. The van der Waals surface area contributed by atoms with Crippen LogP contribution in [0.2, 0.25) is 0 Å². The Morgan fingerprint density at radius 3 is 2.74 bits per heavy atom. The molecule has 0 aromatic carbocycles. The van der Waals surface area contributed by atoms with E-state index >= 15 is 0 Å². The monoisotopic (exact) mass is 264 g/mol. The number of piperidine rings is 1. The second-order valence-electron chi connectivity index (χ2n) is 4.82. The molecular formula is C14H24N4O. The third-order valence-electron chi connectivity index (χ3n) is 3.44. The van der Waals surface area contributed by atoms with Crippen molar-refractivity contribution in [2.24, 2.45) is 20.9 Å². The number of rotatable bonds is 5. The largest absolute Gasteiger partial charge is 0.341 e. The van der Waals surface area contributed by atoms with Gasteiger partial charge in [0.2, 0.25) is 12.0 Å². The third kappa shape index (κ3) is 5.79. The van der Waals surface area contributed by atoms with E-state index in [-0.39, 0.29) is 0 Å². The summed E-state index contributed by atoms with van der Waals surface area (Å²) in [6.45, 7) is 4.73. The zero-order chi connectivity index (χ0) is 13.9. The van der Waals surface area contributed by atoms with Gasteiger partial charge in [0.05, 0.1) is 6.54 Å². The minimum absolute atomic E-state index is 0.609. The molecule has 0 atom stereocenters. The summed E-state index contributed by atoms with van der Waals surface area (Å²) in [4.78, 5) is 24.6.